The van der Waals surface area contributed by atoms with Gasteiger partial charge in [0.2, 0.25) is 0 Å². The number of carbonyl (C=O) groups is 1. The van der Waals surface area contributed by atoms with Crippen molar-refractivity contribution in [1.29, 1.82) is 0 Å². The van der Waals surface area contributed by atoms with Gasteiger partial charge in [-0.25, -0.2) is 4.79 Å². The fourth-order valence-corrected chi connectivity index (χ4v) is 2.24. The predicted octanol–water partition coefficient (Wildman–Crippen LogP) is 3.24. The molecule has 0 aliphatic heterocycles. The molecule has 1 rings (SSSR count). The Bertz CT molecular complexity index is 478. The van der Waals surface area contributed by atoms with Crippen molar-refractivity contribution in [2.45, 2.75) is 52.6 Å². The second-order valence-corrected chi connectivity index (χ2v) is 5.47. The highest BCUT2D eigenvalue weighted by atomic mass is 16.5. The minimum absolute atomic E-state index is 0.00764. The minimum Gasteiger partial charge on any atom is -0.507 e. The number of aliphatic hydroxyl groups is 1. The largest absolute Gasteiger partial charge is 0.507 e. The number of carbonyl (C=O) groups excluding carboxylic acids is 1. The van der Waals surface area contributed by atoms with E-state index in [-0.39, 0.29) is 29.8 Å². The summed E-state index contributed by atoms with van der Waals surface area (Å²) in [6.45, 7) is 9.67. The third-order valence-electron chi connectivity index (χ3n) is 3.31. The summed E-state index contributed by atoms with van der Waals surface area (Å²) in [7, 11) is 0. The van der Waals surface area contributed by atoms with Crippen molar-refractivity contribution < 1.29 is 19.7 Å². The summed E-state index contributed by atoms with van der Waals surface area (Å²) in [6.07, 6.45) is -1.45. The predicted molar refractivity (Wildman–Crippen MR) is 77.9 cm³/mol. The fraction of sp³-hybridized carbons (Fsp3) is 0.562. The number of benzene rings is 1. The van der Waals surface area contributed by atoms with Gasteiger partial charge in [0.15, 0.2) is 6.10 Å². The molecule has 0 fully saturated rings. The number of hydrogen-bond donors (Lipinski definition) is 2. The van der Waals surface area contributed by atoms with Gasteiger partial charge in [0.05, 0.1) is 6.61 Å². The number of phenolic OH excluding ortho intramolecular Hbond substituents is 1. The van der Waals surface area contributed by atoms with E-state index in [2.05, 4.69) is 0 Å². The van der Waals surface area contributed by atoms with Gasteiger partial charge >= 0.3 is 5.97 Å². The van der Waals surface area contributed by atoms with E-state index in [1.165, 1.54) is 0 Å². The van der Waals surface area contributed by atoms with Crippen LogP contribution in [0.25, 0.3) is 0 Å². The van der Waals surface area contributed by atoms with E-state index >= 15 is 0 Å². The first-order valence-corrected chi connectivity index (χ1v) is 7.01. The van der Waals surface area contributed by atoms with E-state index in [0.29, 0.717) is 5.56 Å². The Morgan fingerprint density at radius 1 is 1.15 bits per heavy atom. The molecule has 0 bridgehead atoms. The SMILES string of the molecule is CCOC(=O)C(O)c1c(C(C)C)ccc(C(C)C)c1O. The smallest absolute Gasteiger partial charge is 0.339 e. The molecule has 0 aliphatic rings. The average Bonchev–Trinajstić information content (AvgIpc) is 2.37. The van der Waals surface area contributed by atoms with Crippen LogP contribution in [0.5, 0.6) is 5.75 Å². The van der Waals surface area contributed by atoms with Crippen LogP contribution in [0.15, 0.2) is 12.1 Å². The van der Waals surface area contributed by atoms with Crippen molar-refractivity contribution >= 4 is 5.97 Å². The quantitative estimate of drug-likeness (QED) is 0.813. The molecule has 0 aromatic heterocycles. The summed E-state index contributed by atoms with van der Waals surface area (Å²) >= 11 is 0. The zero-order chi connectivity index (χ0) is 15.4. The van der Waals surface area contributed by atoms with Gasteiger partial charge in [-0.2, -0.15) is 0 Å². The van der Waals surface area contributed by atoms with Crippen LogP contribution in [-0.2, 0) is 9.53 Å². The van der Waals surface area contributed by atoms with Crippen LogP contribution >= 0.6 is 0 Å². The first kappa shape index (κ1) is 16.5. The number of hydrogen-bond acceptors (Lipinski definition) is 4. The van der Waals surface area contributed by atoms with Crippen molar-refractivity contribution in [3.63, 3.8) is 0 Å². The molecule has 1 unspecified atom stereocenters. The topological polar surface area (TPSA) is 66.8 Å². The van der Waals surface area contributed by atoms with E-state index in [1.807, 2.05) is 39.8 Å². The van der Waals surface area contributed by atoms with Crippen molar-refractivity contribution in [3.05, 3.63) is 28.8 Å². The molecule has 20 heavy (non-hydrogen) atoms. The highest BCUT2D eigenvalue weighted by Gasteiger charge is 2.28. The molecule has 112 valence electrons. The van der Waals surface area contributed by atoms with Gasteiger partial charge in [0, 0.05) is 5.56 Å². The second-order valence-electron chi connectivity index (χ2n) is 5.47. The van der Waals surface area contributed by atoms with Crippen LogP contribution in [0.1, 0.15) is 69.2 Å². The molecule has 0 saturated heterocycles. The summed E-state index contributed by atoms with van der Waals surface area (Å²) < 4.78 is 4.85. The molecule has 0 heterocycles. The zero-order valence-corrected chi connectivity index (χ0v) is 12.8. The van der Waals surface area contributed by atoms with Gasteiger partial charge in [-0.05, 0) is 29.9 Å². The first-order chi connectivity index (χ1) is 9.31. The Kier molecular flexibility index (Phi) is 5.57. The molecule has 0 spiro atoms. The van der Waals surface area contributed by atoms with Gasteiger partial charge in [-0.15, -0.1) is 0 Å². The molecule has 1 atom stereocenters. The zero-order valence-electron chi connectivity index (χ0n) is 12.8. The molecular weight excluding hydrogens is 256 g/mol. The lowest BCUT2D eigenvalue weighted by molar-refractivity contribution is -0.153. The Morgan fingerprint density at radius 2 is 1.65 bits per heavy atom. The molecule has 0 saturated carbocycles. The lowest BCUT2D eigenvalue weighted by atomic mass is 9.88. The van der Waals surface area contributed by atoms with Crippen molar-refractivity contribution in [3.8, 4) is 5.75 Å². The van der Waals surface area contributed by atoms with Gasteiger partial charge in [-0.3, -0.25) is 0 Å². The number of esters is 1. The normalized spacial score (nSPS) is 12.8. The molecule has 4 nitrogen and oxygen atoms in total. The number of aromatic hydroxyl groups is 1. The monoisotopic (exact) mass is 280 g/mol. The molecule has 1 aromatic carbocycles. The molecule has 0 radical (unpaired) electrons. The maximum atomic E-state index is 11.8. The van der Waals surface area contributed by atoms with Crippen LogP contribution in [0.2, 0.25) is 0 Å². The van der Waals surface area contributed by atoms with E-state index in [0.717, 1.165) is 5.56 Å². The third kappa shape index (κ3) is 3.31. The Morgan fingerprint density at radius 3 is 2.10 bits per heavy atom. The van der Waals surface area contributed by atoms with E-state index in [9.17, 15) is 15.0 Å². The summed E-state index contributed by atoms with van der Waals surface area (Å²) in [5, 5.41) is 20.6. The van der Waals surface area contributed by atoms with Crippen molar-refractivity contribution in [2.24, 2.45) is 0 Å². The highest BCUT2D eigenvalue weighted by Crippen LogP contribution is 2.38. The van der Waals surface area contributed by atoms with Crippen LogP contribution in [0.3, 0.4) is 0 Å². The molecule has 1 aromatic rings. The summed E-state index contributed by atoms with van der Waals surface area (Å²) in [5.74, 6) is -0.553. The average molecular weight is 280 g/mol. The van der Waals surface area contributed by atoms with E-state index in [1.54, 1.807) is 6.92 Å². The summed E-state index contributed by atoms with van der Waals surface area (Å²) in [5.41, 5.74) is 1.74. The van der Waals surface area contributed by atoms with Crippen molar-refractivity contribution in [1.82, 2.24) is 0 Å². The summed E-state index contributed by atoms with van der Waals surface area (Å²) in [6, 6.07) is 3.70. The van der Waals surface area contributed by atoms with Gasteiger partial charge in [-0.1, -0.05) is 39.8 Å². The fourth-order valence-electron chi connectivity index (χ4n) is 2.24. The maximum absolute atomic E-state index is 11.8. The number of aliphatic hydroxyl groups excluding tert-OH is 1. The standard InChI is InChI=1S/C16H24O4/c1-6-20-16(19)15(18)13-11(9(2)3)7-8-12(10(4)5)14(13)17/h7-10,15,17-18H,6H2,1-5H3. The minimum atomic E-state index is -1.45. The summed E-state index contributed by atoms with van der Waals surface area (Å²) in [4.78, 5) is 11.8. The third-order valence-corrected chi connectivity index (χ3v) is 3.31. The Balaban J connectivity index is 3.39. The Hall–Kier alpha value is -1.55. The molecule has 4 heteroatoms. The van der Waals surface area contributed by atoms with Crippen LogP contribution < -0.4 is 0 Å². The van der Waals surface area contributed by atoms with Crippen LogP contribution in [0, 0.1) is 0 Å². The number of rotatable bonds is 5. The van der Waals surface area contributed by atoms with E-state index in [4.69, 9.17) is 4.74 Å². The van der Waals surface area contributed by atoms with E-state index < -0.39 is 12.1 Å². The molecular formula is C16H24O4. The number of phenols is 1. The molecule has 2 N–H and O–H groups in total. The van der Waals surface area contributed by atoms with Crippen molar-refractivity contribution in [2.75, 3.05) is 6.61 Å². The van der Waals surface area contributed by atoms with Crippen LogP contribution in [-0.4, -0.2) is 22.8 Å². The van der Waals surface area contributed by atoms with Gasteiger partial charge in [0.25, 0.3) is 0 Å². The first-order valence-electron chi connectivity index (χ1n) is 7.01. The Labute approximate surface area is 120 Å². The van der Waals surface area contributed by atoms with Gasteiger partial charge in [0.1, 0.15) is 5.75 Å². The maximum Gasteiger partial charge on any atom is 0.339 e. The number of ether oxygens (including phenoxy) is 1. The lowest BCUT2D eigenvalue weighted by Gasteiger charge is -2.21. The van der Waals surface area contributed by atoms with Gasteiger partial charge < -0.3 is 14.9 Å². The highest BCUT2D eigenvalue weighted by molar-refractivity contribution is 5.78. The molecule has 0 aliphatic carbocycles. The second kappa shape index (κ2) is 6.75. The van der Waals surface area contributed by atoms with Crippen LogP contribution in [0.4, 0.5) is 0 Å². The lowest BCUT2D eigenvalue weighted by Crippen LogP contribution is -2.18. The molecule has 0 amide bonds.